The molecule has 6 rings (SSSR count). The molecule has 4 bridgehead atoms. The highest BCUT2D eigenvalue weighted by molar-refractivity contribution is 5.26. The van der Waals surface area contributed by atoms with Crippen molar-refractivity contribution >= 4 is 0 Å². The predicted octanol–water partition coefficient (Wildman–Crippen LogP) is 1.60. The van der Waals surface area contributed by atoms with Crippen LogP contribution in [0.5, 0.6) is 0 Å². The minimum absolute atomic E-state index is 0.162. The van der Waals surface area contributed by atoms with Gasteiger partial charge in [-0.25, -0.2) is 0 Å². The van der Waals surface area contributed by atoms with Gasteiger partial charge in [-0.15, -0.1) is 0 Å². The summed E-state index contributed by atoms with van der Waals surface area (Å²) in [6.45, 7) is 5.73. The maximum absolute atomic E-state index is 12.7. The molecular formula is C25H32N4O2. The number of fused-ring (bicyclic) bond motifs is 8. The van der Waals surface area contributed by atoms with Crippen molar-refractivity contribution in [2.45, 2.75) is 57.0 Å². The first-order chi connectivity index (χ1) is 15.1. The Hall–Kier alpha value is -2.18. The summed E-state index contributed by atoms with van der Waals surface area (Å²) in [6.07, 6.45) is 5.14. The number of nitrogens with zero attached hydrogens (tertiary/aromatic N) is 2. The maximum atomic E-state index is 12.7. The Kier molecular flexibility index (Phi) is 4.87. The summed E-state index contributed by atoms with van der Waals surface area (Å²) < 4.78 is 4.03. The fraction of sp³-hybridized carbons (Fsp3) is 0.600. The van der Waals surface area contributed by atoms with Gasteiger partial charge in [-0.2, -0.15) is 0 Å². The molecule has 2 aromatic rings. The minimum atomic E-state index is 0.162. The lowest BCUT2D eigenvalue weighted by Gasteiger charge is -2.37. The van der Waals surface area contributed by atoms with Crippen LogP contribution in [0.2, 0.25) is 0 Å². The van der Waals surface area contributed by atoms with Crippen LogP contribution in [0.4, 0.5) is 0 Å². The Morgan fingerprint density at radius 2 is 1.19 bits per heavy atom. The van der Waals surface area contributed by atoms with Crippen molar-refractivity contribution in [2.75, 3.05) is 26.2 Å². The number of nitrogens with one attached hydrogen (secondary N) is 2. The second-order valence-corrected chi connectivity index (χ2v) is 10.2. The second-order valence-electron chi connectivity index (χ2n) is 10.2. The zero-order valence-electron chi connectivity index (χ0n) is 18.1. The fourth-order valence-corrected chi connectivity index (χ4v) is 6.51. The molecule has 31 heavy (non-hydrogen) atoms. The molecule has 6 heterocycles. The number of hydrogen-bond donors (Lipinski definition) is 2. The summed E-state index contributed by atoms with van der Waals surface area (Å²) in [7, 11) is 0. The van der Waals surface area contributed by atoms with E-state index < -0.39 is 0 Å². The van der Waals surface area contributed by atoms with E-state index in [2.05, 4.69) is 22.8 Å². The number of aromatic nitrogens is 2. The smallest absolute Gasteiger partial charge is 0.251 e. The van der Waals surface area contributed by atoms with Crippen LogP contribution < -0.4 is 21.8 Å². The molecule has 4 aliphatic heterocycles. The highest BCUT2D eigenvalue weighted by Gasteiger charge is 2.32. The number of pyridine rings is 2. The highest BCUT2D eigenvalue weighted by atomic mass is 16.1. The molecule has 6 heteroatoms. The topological polar surface area (TPSA) is 68.1 Å². The summed E-state index contributed by atoms with van der Waals surface area (Å²) >= 11 is 0. The minimum Gasteiger partial charge on any atom is -0.316 e. The first kappa shape index (κ1) is 19.5. The summed E-state index contributed by atoms with van der Waals surface area (Å²) in [5, 5.41) is 7.05. The van der Waals surface area contributed by atoms with Crippen LogP contribution in [-0.4, -0.2) is 35.3 Å². The van der Waals surface area contributed by atoms with Crippen molar-refractivity contribution in [3.8, 4) is 0 Å². The third-order valence-electron chi connectivity index (χ3n) is 7.97. The number of hydrogen-bond acceptors (Lipinski definition) is 4. The zero-order valence-corrected chi connectivity index (χ0v) is 18.1. The fourth-order valence-electron chi connectivity index (χ4n) is 6.51. The van der Waals surface area contributed by atoms with Gasteiger partial charge in [0, 0.05) is 61.5 Å². The van der Waals surface area contributed by atoms with E-state index in [0.29, 0.717) is 23.7 Å². The van der Waals surface area contributed by atoms with E-state index in [1.54, 1.807) is 0 Å². The number of aryl methyl sites for hydroxylation is 2. The summed E-state index contributed by atoms with van der Waals surface area (Å²) in [5.74, 6) is 2.11. The van der Waals surface area contributed by atoms with Crippen molar-refractivity contribution in [2.24, 2.45) is 11.8 Å². The average Bonchev–Trinajstić information content (AvgIpc) is 2.76. The van der Waals surface area contributed by atoms with Crippen molar-refractivity contribution in [1.29, 1.82) is 0 Å². The average molecular weight is 421 g/mol. The van der Waals surface area contributed by atoms with Gasteiger partial charge in [-0.1, -0.05) is 0 Å². The largest absolute Gasteiger partial charge is 0.316 e. The molecule has 4 aliphatic rings. The van der Waals surface area contributed by atoms with E-state index >= 15 is 0 Å². The zero-order chi connectivity index (χ0) is 20.9. The predicted molar refractivity (Wildman–Crippen MR) is 121 cm³/mol. The standard InChI is InChI=1S/C25H32N4O2/c30-24-8-16(6-22-20-4-18(10-26-12-20)14-28(22)24)2-1-3-17-7-23-21-5-19(11-27-13-21)15-29(23)25(31)9-17/h6-9,18-21,26-27H,1-5,10-15H2/t18?,19?,20-,21-/m0/s1. The Morgan fingerprint density at radius 1 is 0.710 bits per heavy atom. The molecular weight excluding hydrogens is 388 g/mol. The lowest BCUT2D eigenvalue weighted by Crippen LogP contribution is -2.45. The van der Waals surface area contributed by atoms with Gasteiger partial charge in [0.1, 0.15) is 0 Å². The molecule has 4 atom stereocenters. The molecule has 2 saturated heterocycles. The molecule has 6 nitrogen and oxygen atoms in total. The van der Waals surface area contributed by atoms with Crippen LogP contribution in [0.15, 0.2) is 33.9 Å². The lowest BCUT2D eigenvalue weighted by molar-refractivity contribution is 0.257. The molecule has 2 unspecified atom stereocenters. The van der Waals surface area contributed by atoms with Crippen LogP contribution in [0, 0.1) is 11.8 Å². The van der Waals surface area contributed by atoms with Crippen LogP contribution >= 0.6 is 0 Å². The molecule has 2 aromatic heterocycles. The van der Waals surface area contributed by atoms with Gasteiger partial charge in [0.05, 0.1) is 0 Å². The first-order valence-corrected chi connectivity index (χ1v) is 12.0. The third-order valence-corrected chi connectivity index (χ3v) is 7.97. The van der Waals surface area contributed by atoms with Gasteiger partial charge in [0.25, 0.3) is 11.1 Å². The van der Waals surface area contributed by atoms with Crippen LogP contribution in [-0.2, 0) is 25.9 Å². The van der Waals surface area contributed by atoms with Gasteiger partial charge >= 0.3 is 0 Å². The Labute approximate surface area is 182 Å². The molecule has 164 valence electrons. The van der Waals surface area contributed by atoms with E-state index in [0.717, 1.165) is 69.7 Å². The molecule has 0 radical (unpaired) electrons. The molecule has 0 aliphatic carbocycles. The maximum Gasteiger partial charge on any atom is 0.251 e. The summed E-state index contributed by atoms with van der Waals surface area (Å²) in [5.41, 5.74) is 5.06. The van der Waals surface area contributed by atoms with Gasteiger partial charge in [0.15, 0.2) is 0 Å². The molecule has 0 aromatic carbocycles. The number of piperidine rings is 2. The van der Waals surface area contributed by atoms with Gasteiger partial charge in [-0.3, -0.25) is 9.59 Å². The summed E-state index contributed by atoms with van der Waals surface area (Å²) in [4.78, 5) is 25.5. The quantitative estimate of drug-likeness (QED) is 0.789. The van der Waals surface area contributed by atoms with E-state index in [9.17, 15) is 9.59 Å². The Bertz CT molecular complexity index is 1030. The van der Waals surface area contributed by atoms with Crippen LogP contribution in [0.25, 0.3) is 0 Å². The SMILES string of the molecule is O=c1cc(CCCc2cc3n(c(=O)c2)CC2CNC[C@@H]3C2)cc2n1CC1CNC[C@@H]2C1. The van der Waals surface area contributed by atoms with Crippen molar-refractivity contribution in [1.82, 2.24) is 19.8 Å². The monoisotopic (exact) mass is 420 g/mol. The molecule has 0 spiro atoms. The van der Waals surface area contributed by atoms with E-state index in [4.69, 9.17) is 0 Å². The highest BCUT2D eigenvalue weighted by Crippen LogP contribution is 2.33. The summed E-state index contributed by atoms with van der Waals surface area (Å²) in [6, 6.07) is 8.22. The second kappa shape index (κ2) is 7.75. The van der Waals surface area contributed by atoms with E-state index in [1.807, 2.05) is 21.3 Å². The van der Waals surface area contributed by atoms with Crippen molar-refractivity contribution < 1.29 is 0 Å². The van der Waals surface area contributed by atoms with Crippen molar-refractivity contribution in [3.05, 3.63) is 67.5 Å². The van der Waals surface area contributed by atoms with Crippen LogP contribution in [0.3, 0.4) is 0 Å². The van der Waals surface area contributed by atoms with Crippen molar-refractivity contribution in [3.63, 3.8) is 0 Å². The van der Waals surface area contributed by atoms with Gasteiger partial charge < -0.3 is 19.8 Å². The number of rotatable bonds is 4. The normalized spacial score (nSPS) is 28.6. The molecule has 0 saturated carbocycles. The van der Waals surface area contributed by atoms with Gasteiger partial charge in [-0.05, 0) is 80.3 Å². The van der Waals surface area contributed by atoms with E-state index in [-0.39, 0.29) is 11.1 Å². The third kappa shape index (κ3) is 3.60. The molecule has 2 N–H and O–H groups in total. The lowest BCUT2D eigenvalue weighted by atomic mass is 9.83. The Morgan fingerprint density at radius 3 is 1.68 bits per heavy atom. The molecule has 0 amide bonds. The molecule has 2 fully saturated rings. The Balaban J connectivity index is 1.18. The van der Waals surface area contributed by atoms with E-state index in [1.165, 1.54) is 24.2 Å². The van der Waals surface area contributed by atoms with Crippen LogP contribution in [0.1, 0.15) is 53.6 Å². The van der Waals surface area contributed by atoms with Gasteiger partial charge in [0.2, 0.25) is 0 Å². The first-order valence-electron chi connectivity index (χ1n) is 12.0.